The zero-order valence-corrected chi connectivity index (χ0v) is 11.2. The van der Waals surface area contributed by atoms with Crippen LogP contribution in [0.2, 0.25) is 0 Å². The third-order valence-corrected chi connectivity index (χ3v) is 4.07. The Kier molecular flexibility index (Phi) is 4.61. The van der Waals surface area contributed by atoms with E-state index in [1.165, 1.54) is 37.7 Å². The van der Waals surface area contributed by atoms with Gasteiger partial charge in [0.2, 0.25) is 0 Å². The molecule has 0 bridgehead atoms. The van der Waals surface area contributed by atoms with Crippen molar-refractivity contribution in [1.82, 2.24) is 5.32 Å². The minimum absolute atomic E-state index is 0.728. The molecule has 0 amide bonds. The van der Waals surface area contributed by atoms with Gasteiger partial charge in [0.15, 0.2) is 0 Å². The summed E-state index contributed by atoms with van der Waals surface area (Å²) in [6.45, 7) is 2.28. The van der Waals surface area contributed by atoms with Gasteiger partial charge in [-0.2, -0.15) is 0 Å². The highest BCUT2D eigenvalue weighted by atomic mass is 14.9. The molecule has 1 saturated carbocycles. The molecule has 3 atom stereocenters. The molecule has 0 spiro atoms. The van der Waals surface area contributed by atoms with Crippen molar-refractivity contribution in [1.29, 1.82) is 0 Å². The van der Waals surface area contributed by atoms with E-state index in [0.29, 0.717) is 0 Å². The van der Waals surface area contributed by atoms with Crippen molar-refractivity contribution in [3.63, 3.8) is 0 Å². The van der Waals surface area contributed by atoms with E-state index in [2.05, 4.69) is 49.6 Å². The maximum atomic E-state index is 3.52. The molecule has 0 aromatic heterocycles. The van der Waals surface area contributed by atoms with Crippen LogP contribution in [0.4, 0.5) is 0 Å². The third-order valence-electron chi connectivity index (χ3n) is 4.07. The molecule has 0 saturated heterocycles. The minimum Gasteiger partial charge on any atom is -0.317 e. The predicted molar refractivity (Wildman–Crippen MR) is 74.3 cm³/mol. The lowest BCUT2D eigenvalue weighted by Gasteiger charge is -2.16. The Morgan fingerprint density at radius 2 is 2.00 bits per heavy atom. The Hall–Kier alpha value is -0.820. The molecular weight excluding hydrogens is 206 g/mol. The molecular formula is C16H25N. The van der Waals surface area contributed by atoms with Crippen LogP contribution in [0.1, 0.15) is 50.5 Å². The Balaban J connectivity index is 1.83. The maximum Gasteiger partial charge on any atom is 0.00983 e. The normalized spacial score (nSPS) is 24.6. The SMILES string of the molecule is CCCCCC(NC)C1CC1c1ccccc1. The van der Waals surface area contributed by atoms with Crippen molar-refractivity contribution in [3.05, 3.63) is 35.9 Å². The van der Waals surface area contributed by atoms with E-state index in [1.54, 1.807) is 0 Å². The summed E-state index contributed by atoms with van der Waals surface area (Å²) in [5, 5.41) is 3.52. The summed E-state index contributed by atoms with van der Waals surface area (Å²) in [6.07, 6.45) is 6.80. The summed E-state index contributed by atoms with van der Waals surface area (Å²) >= 11 is 0. The summed E-state index contributed by atoms with van der Waals surface area (Å²) in [7, 11) is 2.12. The van der Waals surface area contributed by atoms with Crippen LogP contribution in [0.15, 0.2) is 30.3 Å². The molecule has 94 valence electrons. The monoisotopic (exact) mass is 231 g/mol. The maximum absolute atomic E-state index is 3.52. The van der Waals surface area contributed by atoms with Crippen LogP contribution < -0.4 is 5.32 Å². The highest BCUT2D eigenvalue weighted by Crippen LogP contribution is 2.50. The molecule has 1 fully saturated rings. The molecule has 1 N–H and O–H groups in total. The zero-order valence-electron chi connectivity index (χ0n) is 11.2. The van der Waals surface area contributed by atoms with Crippen molar-refractivity contribution in [3.8, 4) is 0 Å². The van der Waals surface area contributed by atoms with E-state index in [9.17, 15) is 0 Å². The topological polar surface area (TPSA) is 12.0 Å². The molecule has 1 aromatic rings. The second-order valence-electron chi connectivity index (χ2n) is 5.31. The van der Waals surface area contributed by atoms with E-state index < -0.39 is 0 Å². The number of benzene rings is 1. The van der Waals surface area contributed by atoms with Gasteiger partial charge in [0.05, 0.1) is 0 Å². The first kappa shape index (κ1) is 12.6. The van der Waals surface area contributed by atoms with Crippen LogP contribution in [0.25, 0.3) is 0 Å². The van der Waals surface area contributed by atoms with Gasteiger partial charge in [-0.1, -0.05) is 56.5 Å². The quantitative estimate of drug-likeness (QED) is 0.700. The molecule has 1 aliphatic rings. The number of unbranched alkanes of at least 4 members (excludes halogenated alkanes) is 2. The van der Waals surface area contributed by atoms with Crippen LogP contribution >= 0.6 is 0 Å². The van der Waals surface area contributed by atoms with Crippen molar-refractivity contribution >= 4 is 0 Å². The molecule has 1 aliphatic carbocycles. The molecule has 1 heteroatoms. The first-order valence-corrected chi connectivity index (χ1v) is 7.09. The van der Waals surface area contributed by atoms with E-state index in [0.717, 1.165) is 17.9 Å². The van der Waals surface area contributed by atoms with Gasteiger partial charge in [-0.3, -0.25) is 0 Å². The fraction of sp³-hybridized carbons (Fsp3) is 0.625. The van der Waals surface area contributed by atoms with Gasteiger partial charge in [-0.25, -0.2) is 0 Å². The van der Waals surface area contributed by atoms with Gasteiger partial charge in [0, 0.05) is 6.04 Å². The lowest BCUT2D eigenvalue weighted by molar-refractivity contribution is 0.441. The summed E-state index contributed by atoms with van der Waals surface area (Å²) in [5.41, 5.74) is 1.54. The number of hydrogen-bond acceptors (Lipinski definition) is 1. The van der Waals surface area contributed by atoms with Crippen LogP contribution in [0.5, 0.6) is 0 Å². The largest absolute Gasteiger partial charge is 0.317 e. The average Bonchev–Trinajstić information content (AvgIpc) is 3.16. The molecule has 2 rings (SSSR count). The Morgan fingerprint density at radius 3 is 2.65 bits per heavy atom. The third kappa shape index (κ3) is 3.32. The predicted octanol–water partition coefficient (Wildman–Crippen LogP) is 3.96. The molecule has 17 heavy (non-hydrogen) atoms. The molecule has 0 radical (unpaired) electrons. The summed E-state index contributed by atoms with van der Waals surface area (Å²) in [6, 6.07) is 11.7. The smallest absolute Gasteiger partial charge is 0.00983 e. The van der Waals surface area contributed by atoms with Crippen LogP contribution in [-0.2, 0) is 0 Å². The van der Waals surface area contributed by atoms with Crippen molar-refractivity contribution in [2.24, 2.45) is 5.92 Å². The van der Waals surface area contributed by atoms with Crippen molar-refractivity contribution < 1.29 is 0 Å². The second-order valence-corrected chi connectivity index (χ2v) is 5.31. The van der Waals surface area contributed by atoms with Gasteiger partial charge in [-0.15, -0.1) is 0 Å². The number of nitrogens with one attached hydrogen (secondary N) is 1. The lowest BCUT2D eigenvalue weighted by Crippen LogP contribution is -2.27. The molecule has 1 nitrogen and oxygen atoms in total. The van der Waals surface area contributed by atoms with E-state index in [4.69, 9.17) is 0 Å². The van der Waals surface area contributed by atoms with Gasteiger partial charge < -0.3 is 5.32 Å². The standard InChI is InChI=1S/C16H25N/c1-3-4-6-11-16(17-2)15-12-14(15)13-9-7-5-8-10-13/h5,7-10,14-17H,3-4,6,11-12H2,1-2H3. The Labute approximate surface area is 106 Å². The van der Waals surface area contributed by atoms with Gasteiger partial charge in [-0.05, 0) is 37.3 Å². The Bertz CT molecular complexity index is 320. The Morgan fingerprint density at radius 1 is 1.24 bits per heavy atom. The molecule has 3 unspecified atom stereocenters. The second kappa shape index (κ2) is 6.20. The fourth-order valence-corrected chi connectivity index (χ4v) is 2.93. The fourth-order valence-electron chi connectivity index (χ4n) is 2.93. The van der Waals surface area contributed by atoms with Crippen LogP contribution in [0.3, 0.4) is 0 Å². The van der Waals surface area contributed by atoms with Crippen molar-refractivity contribution in [2.75, 3.05) is 7.05 Å². The zero-order chi connectivity index (χ0) is 12.1. The highest BCUT2D eigenvalue weighted by molar-refractivity contribution is 5.26. The lowest BCUT2D eigenvalue weighted by atomic mass is 10.0. The van der Waals surface area contributed by atoms with E-state index in [1.807, 2.05) is 0 Å². The summed E-state index contributed by atoms with van der Waals surface area (Å²) < 4.78 is 0. The summed E-state index contributed by atoms with van der Waals surface area (Å²) in [4.78, 5) is 0. The summed E-state index contributed by atoms with van der Waals surface area (Å²) in [5.74, 6) is 1.69. The molecule has 0 heterocycles. The number of rotatable bonds is 7. The van der Waals surface area contributed by atoms with Crippen LogP contribution in [-0.4, -0.2) is 13.1 Å². The van der Waals surface area contributed by atoms with Gasteiger partial charge >= 0.3 is 0 Å². The molecule has 1 aromatic carbocycles. The molecule has 0 aliphatic heterocycles. The van der Waals surface area contributed by atoms with Gasteiger partial charge in [0.25, 0.3) is 0 Å². The number of hydrogen-bond donors (Lipinski definition) is 1. The highest BCUT2D eigenvalue weighted by Gasteiger charge is 2.42. The van der Waals surface area contributed by atoms with Crippen molar-refractivity contribution in [2.45, 2.75) is 51.0 Å². The van der Waals surface area contributed by atoms with E-state index in [-0.39, 0.29) is 0 Å². The first-order chi connectivity index (χ1) is 8.36. The minimum atomic E-state index is 0.728. The first-order valence-electron chi connectivity index (χ1n) is 7.09. The van der Waals surface area contributed by atoms with Gasteiger partial charge in [0.1, 0.15) is 0 Å². The van der Waals surface area contributed by atoms with Crippen LogP contribution in [0, 0.1) is 5.92 Å². The van der Waals surface area contributed by atoms with E-state index >= 15 is 0 Å². The average molecular weight is 231 g/mol.